The van der Waals surface area contributed by atoms with E-state index in [1.165, 1.54) is 23.0 Å². The Morgan fingerprint density at radius 3 is 2.48 bits per heavy atom. The fourth-order valence-corrected chi connectivity index (χ4v) is 3.43. The predicted molar refractivity (Wildman–Crippen MR) is 124 cm³/mol. The quantitative estimate of drug-likeness (QED) is 0.407. The van der Waals surface area contributed by atoms with E-state index in [1.54, 1.807) is 30.5 Å². The van der Waals surface area contributed by atoms with Crippen LogP contribution in [-0.2, 0) is 6.54 Å². The molecule has 9 heteroatoms. The summed E-state index contributed by atoms with van der Waals surface area (Å²) in [6.07, 6.45) is 3.19. The van der Waals surface area contributed by atoms with Crippen molar-refractivity contribution < 1.29 is 9.18 Å². The Labute approximate surface area is 187 Å². The summed E-state index contributed by atoms with van der Waals surface area (Å²) < 4.78 is 14.5. The van der Waals surface area contributed by atoms with Gasteiger partial charge in [0.1, 0.15) is 22.7 Å². The third kappa shape index (κ3) is 3.99. The second-order valence-corrected chi connectivity index (χ2v) is 7.26. The van der Waals surface area contributed by atoms with Gasteiger partial charge in [0, 0.05) is 12.7 Å². The van der Waals surface area contributed by atoms with E-state index >= 15 is 0 Å². The molecule has 162 valence electrons. The van der Waals surface area contributed by atoms with Crippen molar-refractivity contribution in [3.8, 4) is 0 Å². The lowest BCUT2D eigenvalue weighted by atomic mass is 10.2. The van der Waals surface area contributed by atoms with Gasteiger partial charge in [-0.15, -0.1) is 0 Å². The molecule has 2 aromatic carbocycles. The van der Waals surface area contributed by atoms with Crippen LogP contribution in [-0.4, -0.2) is 31.7 Å². The first-order chi connectivity index (χ1) is 16.1. The maximum Gasteiger partial charge on any atom is 0.257 e. The van der Waals surface area contributed by atoms with Crippen LogP contribution in [0.1, 0.15) is 21.6 Å². The van der Waals surface area contributed by atoms with Crippen LogP contribution in [0.4, 0.5) is 10.2 Å². The molecule has 5 rings (SSSR count). The first kappa shape index (κ1) is 20.3. The second kappa shape index (κ2) is 8.46. The highest BCUT2D eigenvalue weighted by molar-refractivity contribution is 6.10. The molecule has 0 unspecified atom stereocenters. The molecule has 3 heterocycles. The van der Waals surface area contributed by atoms with Crippen LogP contribution in [0.5, 0.6) is 0 Å². The number of nitrogens with one attached hydrogen (secondary N) is 1. The van der Waals surface area contributed by atoms with Crippen molar-refractivity contribution in [2.24, 2.45) is 5.10 Å². The number of rotatable bonds is 5. The fourth-order valence-electron chi connectivity index (χ4n) is 3.43. The maximum absolute atomic E-state index is 13.2. The van der Waals surface area contributed by atoms with Gasteiger partial charge in [-0.3, -0.25) is 9.78 Å². The average Bonchev–Trinajstić information content (AvgIpc) is 3.11. The number of benzene rings is 2. The van der Waals surface area contributed by atoms with E-state index in [1.807, 2.05) is 30.3 Å². The Morgan fingerprint density at radius 1 is 1.03 bits per heavy atom. The van der Waals surface area contributed by atoms with Crippen LogP contribution in [0.2, 0.25) is 0 Å². The number of pyridine rings is 1. The minimum absolute atomic E-state index is 0.101. The summed E-state index contributed by atoms with van der Waals surface area (Å²) in [5, 5.41) is 7.24. The van der Waals surface area contributed by atoms with Crippen LogP contribution >= 0.6 is 0 Å². The Bertz CT molecular complexity index is 1490. The molecule has 0 fully saturated rings. The van der Waals surface area contributed by atoms with Crippen LogP contribution in [0.15, 0.2) is 78.0 Å². The lowest BCUT2D eigenvalue weighted by Gasteiger charge is -2.06. The Balaban J connectivity index is 1.58. The van der Waals surface area contributed by atoms with Crippen molar-refractivity contribution in [3.63, 3.8) is 0 Å². The molecule has 0 saturated carbocycles. The molecule has 5 aromatic rings. The van der Waals surface area contributed by atoms with E-state index in [0.717, 1.165) is 5.56 Å². The summed E-state index contributed by atoms with van der Waals surface area (Å²) in [5.74, 6) is -0.674. The van der Waals surface area contributed by atoms with Crippen LogP contribution < -0.4 is 11.1 Å². The zero-order valence-electron chi connectivity index (χ0n) is 17.3. The van der Waals surface area contributed by atoms with Crippen molar-refractivity contribution >= 4 is 40.1 Å². The highest BCUT2D eigenvalue weighted by Crippen LogP contribution is 2.27. The van der Waals surface area contributed by atoms with Crippen molar-refractivity contribution in [1.29, 1.82) is 0 Å². The molecular formula is C24H18FN7O. The van der Waals surface area contributed by atoms with E-state index in [0.29, 0.717) is 27.9 Å². The lowest BCUT2D eigenvalue weighted by Crippen LogP contribution is -2.23. The molecule has 0 bridgehead atoms. The van der Waals surface area contributed by atoms with Gasteiger partial charge in [0.15, 0.2) is 5.65 Å². The molecule has 1 amide bonds. The maximum atomic E-state index is 13.2. The summed E-state index contributed by atoms with van der Waals surface area (Å²) in [4.78, 5) is 26.6. The number of fused-ring (bicyclic) bond motifs is 2. The molecule has 0 aliphatic carbocycles. The molecule has 3 aromatic heterocycles. The zero-order chi connectivity index (χ0) is 22.8. The number of carbonyl (C=O) groups excluding carboxylic acids is 1. The van der Waals surface area contributed by atoms with Crippen molar-refractivity contribution in [3.05, 3.63) is 95.6 Å². The Hall–Kier alpha value is -4.66. The number of para-hydroxylation sites is 2. The molecule has 0 saturated heterocycles. The molecule has 0 radical (unpaired) electrons. The molecule has 0 atom stereocenters. The van der Waals surface area contributed by atoms with Gasteiger partial charge in [0.25, 0.3) is 5.91 Å². The molecule has 0 aliphatic heterocycles. The van der Waals surface area contributed by atoms with Crippen LogP contribution in [0.25, 0.3) is 22.2 Å². The third-order valence-electron chi connectivity index (χ3n) is 5.06. The number of nitrogen functional groups attached to an aromatic ring is 1. The molecule has 33 heavy (non-hydrogen) atoms. The van der Waals surface area contributed by atoms with Gasteiger partial charge in [0.05, 0.1) is 22.9 Å². The van der Waals surface area contributed by atoms with E-state index in [2.05, 4.69) is 25.4 Å². The first-order valence-electron chi connectivity index (χ1n) is 10.1. The highest BCUT2D eigenvalue weighted by Gasteiger charge is 2.24. The van der Waals surface area contributed by atoms with E-state index in [-0.39, 0.29) is 23.7 Å². The standard InChI is InChI=1S/C24H18FN7O/c25-16-10-8-15(9-11-16)13-28-24(33)20-21-23(31-19-7-2-1-6-18(19)30-21)32(22(20)26)29-14-17-5-3-4-12-27-17/h1-12,14H,13,26H2,(H,28,33)/b29-14+. The van der Waals surface area contributed by atoms with Gasteiger partial charge >= 0.3 is 0 Å². The largest absolute Gasteiger partial charge is 0.383 e. The smallest absolute Gasteiger partial charge is 0.257 e. The number of anilines is 1. The molecular weight excluding hydrogens is 421 g/mol. The van der Waals surface area contributed by atoms with Gasteiger partial charge in [-0.05, 0) is 42.0 Å². The number of hydrogen-bond acceptors (Lipinski definition) is 6. The average molecular weight is 439 g/mol. The van der Waals surface area contributed by atoms with Crippen molar-refractivity contribution in [2.75, 3.05) is 5.73 Å². The summed E-state index contributed by atoms with van der Waals surface area (Å²) in [7, 11) is 0. The molecule has 8 nitrogen and oxygen atoms in total. The predicted octanol–water partition coefficient (Wildman–Crippen LogP) is 3.51. The number of halogens is 1. The first-order valence-corrected chi connectivity index (χ1v) is 10.1. The molecule has 0 spiro atoms. The fraction of sp³-hybridized carbons (Fsp3) is 0.0417. The Kier molecular flexibility index (Phi) is 5.19. The number of aromatic nitrogens is 4. The molecule has 0 aliphatic rings. The summed E-state index contributed by atoms with van der Waals surface area (Å²) in [5.41, 5.74) is 9.87. The summed E-state index contributed by atoms with van der Waals surface area (Å²) in [6, 6.07) is 18.7. The molecule has 3 N–H and O–H groups in total. The number of nitrogens with zero attached hydrogens (tertiary/aromatic N) is 5. The third-order valence-corrected chi connectivity index (χ3v) is 5.06. The Morgan fingerprint density at radius 2 is 1.76 bits per heavy atom. The van der Waals surface area contributed by atoms with E-state index in [4.69, 9.17) is 5.73 Å². The van der Waals surface area contributed by atoms with E-state index < -0.39 is 5.91 Å². The van der Waals surface area contributed by atoms with Gasteiger partial charge in [-0.25, -0.2) is 14.4 Å². The SMILES string of the molecule is Nc1c(C(=O)NCc2ccc(F)cc2)c2nc3ccccc3nc2n1/N=C/c1ccccn1. The van der Waals surface area contributed by atoms with Crippen LogP contribution in [0.3, 0.4) is 0 Å². The normalized spacial score (nSPS) is 11.4. The van der Waals surface area contributed by atoms with Gasteiger partial charge < -0.3 is 11.1 Å². The topological polar surface area (TPSA) is 111 Å². The van der Waals surface area contributed by atoms with Gasteiger partial charge in [-0.1, -0.05) is 30.3 Å². The monoisotopic (exact) mass is 439 g/mol. The van der Waals surface area contributed by atoms with E-state index in [9.17, 15) is 9.18 Å². The number of carbonyl (C=O) groups is 1. The minimum Gasteiger partial charge on any atom is -0.383 e. The van der Waals surface area contributed by atoms with Crippen molar-refractivity contribution in [1.82, 2.24) is 24.9 Å². The van der Waals surface area contributed by atoms with Crippen molar-refractivity contribution in [2.45, 2.75) is 6.54 Å². The highest BCUT2D eigenvalue weighted by atomic mass is 19.1. The second-order valence-electron chi connectivity index (χ2n) is 7.26. The zero-order valence-corrected chi connectivity index (χ0v) is 17.3. The van der Waals surface area contributed by atoms with Gasteiger partial charge in [-0.2, -0.15) is 9.78 Å². The number of hydrogen-bond donors (Lipinski definition) is 2. The van der Waals surface area contributed by atoms with Crippen LogP contribution in [0, 0.1) is 5.82 Å². The lowest BCUT2D eigenvalue weighted by molar-refractivity contribution is 0.0953. The number of nitrogens with two attached hydrogens (primary N) is 1. The van der Waals surface area contributed by atoms with Gasteiger partial charge in [0.2, 0.25) is 0 Å². The number of amides is 1. The summed E-state index contributed by atoms with van der Waals surface area (Å²) in [6.45, 7) is 0.198. The minimum atomic E-state index is -0.432. The summed E-state index contributed by atoms with van der Waals surface area (Å²) >= 11 is 0.